The number of benzene rings is 1. The Balaban J connectivity index is 2.59. The summed E-state index contributed by atoms with van der Waals surface area (Å²) >= 11 is 0. The van der Waals surface area contributed by atoms with E-state index in [1.54, 1.807) is 13.1 Å². The fourth-order valence-electron chi connectivity index (χ4n) is 1.92. The molecule has 1 aromatic rings. The number of hydrogen-bond donors (Lipinski definition) is 1. The van der Waals surface area contributed by atoms with Gasteiger partial charge in [-0.25, -0.2) is 0 Å². The smallest absolute Gasteiger partial charge is 0.313 e. The van der Waals surface area contributed by atoms with E-state index in [4.69, 9.17) is 4.74 Å². The molecule has 0 atom stereocenters. The molecule has 0 bridgehead atoms. The van der Waals surface area contributed by atoms with Gasteiger partial charge in [0, 0.05) is 19.7 Å². The van der Waals surface area contributed by atoms with Crippen LogP contribution in [-0.4, -0.2) is 31.5 Å². The van der Waals surface area contributed by atoms with Crippen LogP contribution in [0.4, 0.5) is 11.4 Å². The molecule has 18 heavy (non-hydrogen) atoms. The number of likely N-dealkylation sites (N-methyl/N-ethyl adjacent to an activating group) is 1. The van der Waals surface area contributed by atoms with E-state index in [-0.39, 0.29) is 23.9 Å². The molecular formula is C11H13N3O4. The van der Waals surface area contributed by atoms with Gasteiger partial charge in [0.1, 0.15) is 0 Å². The highest BCUT2D eigenvalue weighted by Gasteiger charge is 2.24. The molecule has 0 aliphatic carbocycles. The molecule has 1 N–H and O–H groups in total. The van der Waals surface area contributed by atoms with E-state index in [2.05, 4.69) is 5.32 Å². The number of fused-ring (bicyclic) bond motifs is 1. The number of methoxy groups -OCH3 is 1. The minimum absolute atomic E-state index is 0.131. The predicted octanol–water partition coefficient (Wildman–Crippen LogP) is 0.669. The third-order valence-electron chi connectivity index (χ3n) is 2.90. The van der Waals surface area contributed by atoms with Gasteiger partial charge in [-0.15, -0.1) is 0 Å². The molecule has 96 valence electrons. The summed E-state index contributed by atoms with van der Waals surface area (Å²) in [5, 5.41) is 13.9. The van der Waals surface area contributed by atoms with E-state index in [9.17, 15) is 14.9 Å². The Hall–Kier alpha value is -2.15. The first-order chi connectivity index (χ1) is 8.54. The SMILES string of the molecule is COc1cc2c(cc1[N+](=O)[O-])N(C)C(=O)CNC2. The first kappa shape index (κ1) is 12.3. The lowest BCUT2D eigenvalue weighted by Gasteiger charge is -2.17. The average Bonchev–Trinajstić information content (AvgIpc) is 2.48. The Labute approximate surface area is 103 Å². The van der Waals surface area contributed by atoms with Crippen LogP contribution < -0.4 is 15.0 Å². The molecule has 1 heterocycles. The molecular weight excluding hydrogens is 238 g/mol. The molecule has 0 unspecified atom stereocenters. The van der Waals surface area contributed by atoms with Crippen LogP contribution in [0.1, 0.15) is 5.56 Å². The zero-order chi connectivity index (χ0) is 13.3. The van der Waals surface area contributed by atoms with Crippen molar-refractivity contribution < 1.29 is 14.5 Å². The van der Waals surface area contributed by atoms with Crippen molar-refractivity contribution >= 4 is 17.3 Å². The summed E-state index contributed by atoms with van der Waals surface area (Å²) in [7, 11) is 2.98. The number of nitrogens with zero attached hydrogens (tertiary/aromatic N) is 2. The van der Waals surface area contributed by atoms with Gasteiger partial charge >= 0.3 is 5.69 Å². The molecule has 0 fully saturated rings. The maximum atomic E-state index is 11.7. The summed E-state index contributed by atoms with van der Waals surface area (Å²) in [6.07, 6.45) is 0. The number of nitro benzene ring substituents is 1. The Morgan fingerprint density at radius 2 is 2.17 bits per heavy atom. The minimum atomic E-state index is -0.518. The largest absolute Gasteiger partial charge is 0.490 e. The first-order valence-electron chi connectivity index (χ1n) is 5.37. The van der Waals surface area contributed by atoms with Gasteiger partial charge in [0.25, 0.3) is 0 Å². The van der Waals surface area contributed by atoms with E-state index < -0.39 is 4.92 Å². The van der Waals surface area contributed by atoms with Crippen molar-refractivity contribution in [1.29, 1.82) is 0 Å². The van der Waals surface area contributed by atoms with Crippen molar-refractivity contribution in [3.8, 4) is 5.75 Å². The topological polar surface area (TPSA) is 84.7 Å². The molecule has 1 amide bonds. The number of hydrogen-bond acceptors (Lipinski definition) is 5. The molecule has 0 radical (unpaired) electrons. The number of anilines is 1. The van der Waals surface area contributed by atoms with Gasteiger partial charge in [-0.3, -0.25) is 14.9 Å². The van der Waals surface area contributed by atoms with E-state index in [0.717, 1.165) is 5.56 Å². The highest BCUT2D eigenvalue weighted by atomic mass is 16.6. The molecule has 7 nitrogen and oxygen atoms in total. The Kier molecular flexibility index (Phi) is 3.15. The number of carbonyl (C=O) groups excluding carboxylic acids is 1. The number of amides is 1. The Morgan fingerprint density at radius 3 is 2.78 bits per heavy atom. The van der Waals surface area contributed by atoms with E-state index in [1.165, 1.54) is 18.1 Å². The minimum Gasteiger partial charge on any atom is -0.490 e. The molecule has 7 heteroatoms. The van der Waals surface area contributed by atoms with Crippen LogP contribution in [0.25, 0.3) is 0 Å². The second-order valence-electron chi connectivity index (χ2n) is 3.97. The summed E-state index contributed by atoms with van der Waals surface area (Å²) in [6.45, 7) is 0.682. The third-order valence-corrected chi connectivity index (χ3v) is 2.90. The average molecular weight is 251 g/mol. The lowest BCUT2D eigenvalue weighted by atomic mass is 10.1. The molecule has 0 aromatic heterocycles. The zero-order valence-corrected chi connectivity index (χ0v) is 10.1. The van der Waals surface area contributed by atoms with Crippen LogP contribution in [0.2, 0.25) is 0 Å². The quantitative estimate of drug-likeness (QED) is 0.616. The first-order valence-corrected chi connectivity index (χ1v) is 5.37. The third kappa shape index (κ3) is 2.00. The number of ether oxygens (including phenoxy) is 1. The van der Waals surface area contributed by atoms with E-state index >= 15 is 0 Å². The van der Waals surface area contributed by atoms with Gasteiger partial charge in [-0.1, -0.05) is 0 Å². The summed E-state index contributed by atoms with van der Waals surface area (Å²) in [5.74, 6) is 0.0662. The van der Waals surface area contributed by atoms with Crippen LogP contribution >= 0.6 is 0 Å². The second kappa shape index (κ2) is 4.61. The van der Waals surface area contributed by atoms with Crippen molar-refractivity contribution in [3.63, 3.8) is 0 Å². The number of nitro groups is 1. The monoisotopic (exact) mass is 251 g/mol. The normalized spacial score (nSPS) is 15.0. The summed E-state index contributed by atoms with van der Waals surface area (Å²) in [4.78, 5) is 23.5. The van der Waals surface area contributed by atoms with Crippen LogP contribution in [0.15, 0.2) is 12.1 Å². The molecule has 1 aliphatic rings. The second-order valence-corrected chi connectivity index (χ2v) is 3.97. The van der Waals surface area contributed by atoms with Gasteiger partial charge in [-0.2, -0.15) is 0 Å². The maximum absolute atomic E-state index is 11.7. The molecule has 0 saturated carbocycles. The molecule has 1 aliphatic heterocycles. The van der Waals surface area contributed by atoms with Crippen molar-refractivity contribution in [3.05, 3.63) is 27.8 Å². The van der Waals surface area contributed by atoms with E-state index in [0.29, 0.717) is 12.2 Å². The van der Waals surface area contributed by atoms with Crippen molar-refractivity contribution in [1.82, 2.24) is 5.32 Å². The van der Waals surface area contributed by atoms with Gasteiger partial charge < -0.3 is 15.0 Å². The number of nitrogens with one attached hydrogen (secondary N) is 1. The zero-order valence-electron chi connectivity index (χ0n) is 10.1. The van der Waals surface area contributed by atoms with Crippen LogP contribution in [0.3, 0.4) is 0 Å². The fraction of sp³-hybridized carbons (Fsp3) is 0.364. The Bertz CT molecular complexity index is 515. The maximum Gasteiger partial charge on any atom is 0.313 e. The van der Waals surface area contributed by atoms with Gasteiger partial charge in [0.05, 0.1) is 24.3 Å². The van der Waals surface area contributed by atoms with Crippen LogP contribution in [0.5, 0.6) is 5.75 Å². The molecule has 0 saturated heterocycles. The Morgan fingerprint density at radius 1 is 1.44 bits per heavy atom. The standard InChI is InChI=1S/C11H13N3O4/c1-13-8-4-9(14(16)17)10(18-2)3-7(8)5-12-6-11(13)15/h3-4,12H,5-6H2,1-2H3. The summed E-state index contributed by atoms with van der Waals surface area (Å²) < 4.78 is 5.00. The van der Waals surface area contributed by atoms with Gasteiger partial charge in [-0.05, 0) is 11.6 Å². The fourth-order valence-corrected chi connectivity index (χ4v) is 1.92. The molecule has 0 spiro atoms. The summed E-state index contributed by atoms with van der Waals surface area (Å²) in [6, 6.07) is 2.97. The van der Waals surface area contributed by atoms with Crippen molar-refractivity contribution in [2.45, 2.75) is 6.54 Å². The predicted molar refractivity (Wildman–Crippen MR) is 64.8 cm³/mol. The van der Waals surface area contributed by atoms with Crippen LogP contribution in [-0.2, 0) is 11.3 Å². The lowest BCUT2D eigenvalue weighted by molar-refractivity contribution is -0.385. The van der Waals surface area contributed by atoms with Crippen molar-refractivity contribution in [2.75, 3.05) is 25.6 Å². The number of carbonyl (C=O) groups is 1. The number of rotatable bonds is 2. The van der Waals surface area contributed by atoms with Gasteiger partial charge in [0.2, 0.25) is 5.91 Å². The highest BCUT2D eigenvalue weighted by Crippen LogP contribution is 2.35. The van der Waals surface area contributed by atoms with Crippen LogP contribution in [0, 0.1) is 10.1 Å². The molecule has 1 aromatic carbocycles. The van der Waals surface area contributed by atoms with Crippen molar-refractivity contribution in [2.24, 2.45) is 0 Å². The van der Waals surface area contributed by atoms with E-state index in [1.807, 2.05) is 0 Å². The van der Waals surface area contributed by atoms with Gasteiger partial charge in [0.15, 0.2) is 5.75 Å². The summed E-state index contributed by atoms with van der Waals surface area (Å²) in [5.41, 5.74) is 1.20. The highest BCUT2D eigenvalue weighted by molar-refractivity contribution is 5.96. The lowest BCUT2D eigenvalue weighted by Crippen LogP contribution is -2.32. The molecule has 2 rings (SSSR count).